The molecule has 30 heavy (non-hydrogen) atoms. The first-order valence-electron chi connectivity index (χ1n) is 9.95. The van der Waals surface area contributed by atoms with Crippen LogP contribution in [0.3, 0.4) is 0 Å². The molecule has 0 aliphatic heterocycles. The molecule has 0 saturated heterocycles. The van der Waals surface area contributed by atoms with E-state index in [4.69, 9.17) is 14.3 Å². The standard InChI is InChI=1S/C24H26N2O4/c1-16(2)30-26-15-20-22(24(20,3)4)23(27)29-21(14-25)17-9-8-12-19(13-17)28-18-10-6-5-7-11-18/h5-13,15-16,20-22H,1-4H3/t20-,21?,22-/m0/s1. The zero-order valence-electron chi connectivity index (χ0n) is 17.6. The number of oxime groups is 1. The Hall–Kier alpha value is -3.33. The van der Waals surface area contributed by atoms with Crippen molar-refractivity contribution >= 4 is 12.2 Å². The molecule has 3 rings (SSSR count). The molecule has 6 heteroatoms. The van der Waals surface area contributed by atoms with Gasteiger partial charge in [0, 0.05) is 17.7 Å². The van der Waals surface area contributed by atoms with Gasteiger partial charge in [-0.1, -0.05) is 49.3 Å². The van der Waals surface area contributed by atoms with Gasteiger partial charge in [-0.25, -0.2) is 0 Å². The lowest BCUT2D eigenvalue weighted by Crippen LogP contribution is -2.14. The highest BCUT2D eigenvalue weighted by Crippen LogP contribution is 2.58. The van der Waals surface area contributed by atoms with Crippen LogP contribution in [-0.4, -0.2) is 18.3 Å². The SMILES string of the molecule is CC(C)ON=C[C@H]1[C@@H](C(=O)OC(C#N)c2cccc(Oc3ccccc3)c2)C1(C)C. The summed E-state index contributed by atoms with van der Waals surface area (Å²) < 4.78 is 11.4. The van der Waals surface area contributed by atoms with Gasteiger partial charge in [-0.15, -0.1) is 0 Å². The van der Waals surface area contributed by atoms with Crippen LogP contribution >= 0.6 is 0 Å². The molecule has 0 aromatic heterocycles. The van der Waals surface area contributed by atoms with E-state index in [1.165, 1.54) is 0 Å². The Bertz CT molecular complexity index is 947. The first kappa shape index (κ1) is 21.4. The fraction of sp³-hybridized carbons (Fsp3) is 0.375. The van der Waals surface area contributed by atoms with E-state index >= 15 is 0 Å². The zero-order chi connectivity index (χ0) is 21.7. The fourth-order valence-electron chi connectivity index (χ4n) is 3.35. The summed E-state index contributed by atoms with van der Waals surface area (Å²) in [6.45, 7) is 7.71. The van der Waals surface area contributed by atoms with Gasteiger partial charge < -0.3 is 14.3 Å². The van der Waals surface area contributed by atoms with Crippen molar-refractivity contribution in [1.82, 2.24) is 0 Å². The van der Waals surface area contributed by atoms with E-state index in [1.807, 2.05) is 58.0 Å². The second-order valence-corrected chi connectivity index (χ2v) is 8.17. The molecule has 6 nitrogen and oxygen atoms in total. The monoisotopic (exact) mass is 406 g/mol. The van der Waals surface area contributed by atoms with Crippen molar-refractivity contribution < 1.29 is 19.1 Å². The topological polar surface area (TPSA) is 80.9 Å². The number of para-hydroxylation sites is 1. The van der Waals surface area contributed by atoms with Crippen molar-refractivity contribution in [2.45, 2.75) is 39.9 Å². The number of hydrogen-bond acceptors (Lipinski definition) is 6. The number of benzene rings is 2. The highest BCUT2D eigenvalue weighted by molar-refractivity contribution is 5.85. The summed E-state index contributed by atoms with van der Waals surface area (Å²) in [6, 6.07) is 18.4. The second kappa shape index (κ2) is 9.00. The minimum absolute atomic E-state index is 0.0261. The highest BCUT2D eigenvalue weighted by Gasteiger charge is 2.62. The average molecular weight is 406 g/mol. The van der Waals surface area contributed by atoms with Crippen molar-refractivity contribution in [1.29, 1.82) is 5.26 Å². The molecule has 1 unspecified atom stereocenters. The van der Waals surface area contributed by atoms with Crippen LogP contribution in [0.2, 0.25) is 0 Å². The van der Waals surface area contributed by atoms with E-state index in [1.54, 1.807) is 30.5 Å². The smallest absolute Gasteiger partial charge is 0.311 e. The summed E-state index contributed by atoms with van der Waals surface area (Å²) in [5, 5.41) is 13.6. The average Bonchev–Trinajstić information content (AvgIpc) is 3.27. The maximum Gasteiger partial charge on any atom is 0.311 e. The highest BCUT2D eigenvalue weighted by atomic mass is 16.6. The van der Waals surface area contributed by atoms with Gasteiger partial charge in [-0.05, 0) is 43.5 Å². The zero-order valence-corrected chi connectivity index (χ0v) is 17.6. The molecule has 1 fully saturated rings. The quantitative estimate of drug-likeness (QED) is 0.339. The molecule has 0 radical (unpaired) electrons. The molecule has 0 amide bonds. The van der Waals surface area contributed by atoms with E-state index in [9.17, 15) is 10.1 Å². The van der Waals surface area contributed by atoms with Gasteiger partial charge in [0.05, 0.1) is 5.92 Å². The molecule has 1 aliphatic carbocycles. The minimum atomic E-state index is -1.02. The Labute approximate surface area is 177 Å². The molecule has 0 heterocycles. The van der Waals surface area contributed by atoms with Gasteiger partial charge in [-0.2, -0.15) is 5.26 Å². The van der Waals surface area contributed by atoms with Crippen LogP contribution in [-0.2, 0) is 14.4 Å². The van der Waals surface area contributed by atoms with E-state index in [0.29, 0.717) is 17.1 Å². The Morgan fingerprint density at radius 3 is 2.50 bits per heavy atom. The van der Waals surface area contributed by atoms with Gasteiger partial charge in [0.25, 0.3) is 0 Å². The molecule has 3 atom stereocenters. The summed E-state index contributed by atoms with van der Waals surface area (Å²) in [7, 11) is 0. The van der Waals surface area contributed by atoms with Crippen LogP contribution in [0, 0.1) is 28.6 Å². The van der Waals surface area contributed by atoms with Crippen LogP contribution in [0.1, 0.15) is 39.4 Å². The lowest BCUT2D eigenvalue weighted by atomic mass is 10.1. The number of carbonyl (C=O) groups is 1. The Balaban J connectivity index is 1.67. The Kier molecular flexibility index (Phi) is 6.41. The third-order valence-electron chi connectivity index (χ3n) is 5.15. The molecule has 156 valence electrons. The van der Waals surface area contributed by atoms with Crippen LogP contribution in [0.5, 0.6) is 11.5 Å². The van der Waals surface area contributed by atoms with E-state index in [0.717, 1.165) is 0 Å². The van der Waals surface area contributed by atoms with E-state index in [-0.39, 0.29) is 23.4 Å². The second-order valence-electron chi connectivity index (χ2n) is 8.17. The van der Waals surface area contributed by atoms with Crippen molar-refractivity contribution in [2.75, 3.05) is 0 Å². The summed E-state index contributed by atoms with van der Waals surface area (Å²) in [6.07, 6.45) is 0.612. The predicted octanol–water partition coefficient (Wildman–Crippen LogP) is 5.27. The van der Waals surface area contributed by atoms with Crippen LogP contribution in [0.25, 0.3) is 0 Å². The maximum absolute atomic E-state index is 12.7. The third-order valence-corrected chi connectivity index (χ3v) is 5.15. The Morgan fingerprint density at radius 2 is 1.83 bits per heavy atom. The molecule has 2 aromatic carbocycles. The molecule has 2 aromatic rings. The first-order chi connectivity index (χ1) is 14.3. The molecule has 0 N–H and O–H groups in total. The molecule has 0 bridgehead atoms. The summed E-state index contributed by atoms with van der Waals surface area (Å²) in [5.41, 5.74) is 0.269. The molecular weight excluding hydrogens is 380 g/mol. The van der Waals surface area contributed by atoms with Gasteiger partial charge >= 0.3 is 5.97 Å². The third kappa shape index (κ3) is 4.98. The fourth-order valence-corrected chi connectivity index (χ4v) is 3.35. The normalized spacial score (nSPS) is 20.4. The molecular formula is C24H26N2O4. The van der Waals surface area contributed by atoms with Gasteiger partial charge in [-0.3, -0.25) is 4.79 Å². The van der Waals surface area contributed by atoms with Crippen molar-refractivity contribution in [3.05, 3.63) is 60.2 Å². The number of nitrogens with zero attached hydrogens (tertiary/aromatic N) is 2. The number of hydrogen-bond donors (Lipinski definition) is 0. The molecule has 0 spiro atoms. The van der Waals surface area contributed by atoms with Crippen LogP contribution in [0.4, 0.5) is 0 Å². The summed E-state index contributed by atoms with van der Waals surface area (Å²) in [5.74, 6) is 0.387. The van der Waals surface area contributed by atoms with Crippen LogP contribution in [0.15, 0.2) is 59.8 Å². The predicted molar refractivity (Wildman–Crippen MR) is 113 cm³/mol. The Morgan fingerprint density at radius 1 is 1.13 bits per heavy atom. The summed E-state index contributed by atoms with van der Waals surface area (Å²) in [4.78, 5) is 17.9. The molecule has 1 aliphatic rings. The van der Waals surface area contributed by atoms with E-state index < -0.39 is 12.1 Å². The number of ether oxygens (including phenoxy) is 2. The van der Waals surface area contributed by atoms with Gasteiger partial charge in [0.1, 0.15) is 23.7 Å². The summed E-state index contributed by atoms with van der Waals surface area (Å²) >= 11 is 0. The maximum atomic E-state index is 12.7. The van der Waals surface area contributed by atoms with E-state index in [2.05, 4.69) is 11.2 Å². The van der Waals surface area contributed by atoms with Crippen LogP contribution < -0.4 is 4.74 Å². The number of rotatable bonds is 8. The van der Waals surface area contributed by atoms with Crippen molar-refractivity contribution in [2.24, 2.45) is 22.4 Å². The first-order valence-corrected chi connectivity index (χ1v) is 9.95. The minimum Gasteiger partial charge on any atom is -0.457 e. The molecule has 1 saturated carbocycles. The largest absolute Gasteiger partial charge is 0.457 e. The lowest BCUT2D eigenvalue weighted by molar-refractivity contribution is -0.149. The number of carbonyl (C=O) groups excluding carboxylic acids is 1. The number of esters is 1. The number of nitriles is 1. The van der Waals surface area contributed by atoms with Crippen molar-refractivity contribution in [3.63, 3.8) is 0 Å². The van der Waals surface area contributed by atoms with Gasteiger partial charge in [0.2, 0.25) is 6.10 Å². The lowest BCUT2D eigenvalue weighted by Gasteiger charge is -2.13. The van der Waals surface area contributed by atoms with Gasteiger partial charge in [0.15, 0.2) is 0 Å². The van der Waals surface area contributed by atoms with Crippen molar-refractivity contribution in [3.8, 4) is 17.6 Å².